The molecule has 0 aromatic heterocycles. The molecule has 5 nitrogen and oxygen atoms in total. The molecular formula is C16H22O5. The summed E-state index contributed by atoms with van der Waals surface area (Å²) in [5.41, 5.74) is -1.36. The minimum atomic E-state index is -1.24. The van der Waals surface area contributed by atoms with Gasteiger partial charge in [-0.2, -0.15) is 0 Å². The molecular weight excluding hydrogens is 272 g/mol. The van der Waals surface area contributed by atoms with Crippen LogP contribution in [0.4, 0.5) is 0 Å². The first-order valence-electron chi connectivity index (χ1n) is 6.93. The molecule has 0 bridgehead atoms. The highest BCUT2D eigenvalue weighted by molar-refractivity contribution is 6.22. The number of methoxy groups -OCH3 is 1. The van der Waals surface area contributed by atoms with Gasteiger partial charge in [0.05, 0.1) is 13.2 Å². The van der Waals surface area contributed by atoms with E-state index in [0.29, 0.717) is 0 Å². The topological polar surface area (TPSA) is 72.8 Å². The summed E-state index contributed by atoms with van der Waals surface area (Å²) in [6.07, 6.45) is 7.30. The molecule has 0 aliphatic carbocycles. The lowest BCUT2D eigenvalue weighted by Crippen LogP contribution is -2.33. The number of carbonyl (C=O) groups excluding carboxylic acids is 2. The van der Waals surface area contributed by atoms with Gasteiger partial charge in [-0.05, 0) is 26.3 Å². The maximum absolute atomic E-state index is 12.4. The van der Waals surface area contributed by atoms with E-state index in [4.69, 9.17) is 4.74 Å². The molecule has 0 radical (unpaired) electrons. The molecule has 116 valence electrons. The Morgan fingerprint density at radius 3 is 2.67 bits per heavy atom. The number of Topliss-reactive ketones (excluding diaryl/α,β-unsaturated/α-hetero) is 1. The van der Waals surface area contributed by atoms with E-state index in [1.54, 1.807) is 26.0 Å². The SMILES string of the molecule is CC/C=C/C=C/[C@@]1(C)OC(C[C@H](C)O)=C(C(=O)OC)C1=O. The maximum Gasteiger partial charge on any atom is 0.345 e. The smallest absolute Gasteiger partial charge is 0.345 e. The first kappa shape index (κ1) is 17.2. The fourth-order valence-corrected chi connectivity index (χ4v) is 2.01. The fraction of sp³-hybridized carbons (Fsp3) is 0.500. The van der Waals surface area contributed by atoms with E-state index in [2.05, 4.69) is 4.74 Å². The van der Waals surface area contributed by atoms with Gasteiger partial charge in [-0.1, -0.05) is 25.2 Å². The van der Waals surface area contributed by atoms with Gasteiger partial charge >= 0.3 is 5.97 Å². The third kappa shape index (κ3) is 4.04. The Morgan fingerprint density at radius 2 is 2.14 bits per heavy atom. The molecule has 0 spiro atoms. The van der Waals surface area contributed by atoms with Crippen molar-refractivity contribution in [2.75, 3.05) is 7.11 Å². The Morgan fingerprint density at radius 1 is 1.48 bits per heavy atom. The average Bonchev–Trinajstić information content (AvgIpc) is 2.65. The van der Waals surface area contributed by atoms with Crippen LogP contribution in [-0.4, -0.2) is 35.7 Å². The molecule has 1 aliphatic rings. The van der Waals surface area contributed by atoms with Crippen LogP contribution in [0.15, 0.2) is 35.6 Å². The quantitative estimate of drug-likeness (QED) is 0.461. The lowest BCUT2D eigenvalue weighted by Gasteiger charge is -2.19. The molecule has 21 heavy (non-hydrogen) atoms. The van der Waals surface area contributed by atoms with Crippen molar-refractivity contribution in [2.24, 2.45) is 0 Å². The normalized spacial score (nSPS) is 24.0. The molecule has 1 N–H and O–H groups in total. The Balaban J connectivity index is 3.07. The second kappa shape index (κ2) is 7.22. The molecule has 0 fully saturated rings. The summed E-state index contributed by atoms with van der Waals surface area (Å²) in [7, 11) is 1.21. The maximum atomic E-state index is 12.4. The summed E-state index contributed by atoms with van der Waals surface area (Å²) in [6.45, 7) is 5.15. The third-order valence-corrected chi connectivity index (χ3v) is 3.06. The van der Waals surface area contributed by atoms with Gasteiger partial charge in [-0.3, -0.25) is 4.79 Å². The zero-order chi connectivity index (χ0) is 16.0. The van der Waals surface area contributed by atoms with Crippen molar-refractivity contribution in [1.29, 1.82) is 0 Å². The number of ketones is 1. The number of carbonyl (C=O) groups is 2. The zero-order valence-electron chi connectivity index (χ0n) is 12.9. The van der Waals surface area contributed by atoms with Crippen LogP contribution in [0.3, 0.4) is 0 Å². The van der Waals surface area contributed by atoms with E-state index < -0.39 is 23.5 Å². The highest BCUT2D eigenvalue weighted by Crippen LogP contribution is 2.34. The molecule has 0 aromatic rings. The van der Waals surface area contributed by atoms with E-state index in [1.165, 1.54) is 7.11 Å². The molecule has 0 saturated carbocycles. The first-order valence-corrected chi connectivity index (χ1v) is 6.93. The molecule has 0 amide bonds. The monoisotopic (exact) mass is 294 g/mol. The van der Waals surface area contributed by atoms with Gasteiger partial charge in [0.2, 0.25) is 5.78 Å². The highest BCUT2D eigenvalue weighted by Gasteiger charge is 2.47. The number of ether oxygens (including phenoxy) is 2. The Bertz CT molecular complexity index is 499. The van der Waals surface area contributed by atoms with Crippen LogP contribution in [0.1, 0.15) is 33.6 Å². The standard InChI is InChI=1S/C16H22O5/c1-5-6-7-8-9-16(3)14(18)13(15(19)20-4)12(21-16)10-11(2)17/h6-9,11,17H,5,10H2,1-4H3/b7-6+,9-8+/t11-,16+/m0/s1. The molecule has 1 heterocycles. The van der Waals surface area contributed by atoms with Crippen molar-refractivity contribution in [3.05, 3.63) is 35.6 Å². The van der Waals surface area contributed by atoms with Crippen molar-refractivity contribution in [3.8, 4) is 0 Å². The summed E-state index contributed by atoms with van der Waals surface area (Å²) < 4.78 is 10.3. The summed E-state index contributed by atoms with van der Waals surface area (Å²) in [4.78, 5) is 24.2. The first-order chi connectivity index (χ1) is 9.85. The Hall–Kier alpha value is -1.88. The molecule has 0 saturated heterocycles. The number of rotatable bonds is 6. The summed E-state index contributed by atoms with van der Waals surface area (Å²) in [6, 6.07) is 0. The lowest BCUT2D eigenvalue weighted by molar-refractivity contribution is -0.138. The summed E-state index contributed by atoms with van der Waals surface area (Å²) in [5, 5.41) is 9.48. The second-order valence-corrected chi connectivity index (χ2v) is 5.08. The molecule has 5 heteroatoms. The van der Waals surface area contributed by atoms with Gasteiger partial charge in [-0.15, -0.1) is 0 Å². The Kier molecular flexibility index (Phi) is 5.90. The second-order valence-electron chi connectivity index (χ2n) is 5.08. The minimum absolute atomic E-state index is 0.0877. The van der Waals surface area contributed by atoms with Gasteiger partial charge in [0.15, 0.2) is 5.60 Å². The number of hydrogen-bond donors (Lipinski definition) is 1. The number of allylic oxidation sites excluding steroid dienone is 3. The number of hydrogen-bond acceptors (Lipinski definition) is 5. The van der Waals surface area contributed by atoms with Crippen LogP contribution >= 0.6 is 0 Å². The van der Waals surface area contributed by atoms with Gasteiger partial charge in [-0.25, -0.2) is 4.79 Å². The molecule has 2 atom stereocenters. The van der Waals surface area contributed by atoms with Crippen LogP contribution in [0.5, 0.6) is 0 Å². The zero-order valence-corrected chi connectivity index (χ0v) is 12.9. The average molecular weight is 294 g/mol. The van der Waals surface area contributed by atoms with Gasteiger partial charge in [0.1, 0.15) is 11.3 Å². The van der Waals surface area contributed by atoms with Crippen LogP contribution < -0.4 is 0 Å². The highest BCUT2D eigenvalue weighted by atomic mass is 16.5. The van der Waals surface area contributed by atoms with E-state index in [0.717, 1.165) is 6.42 Å². The molecule has 0 aromatic carbocycles. The van der Waals surface area contributed by atoms with Crippen molar-refractivity contribution in [3.63, 3.8) is 0 Å². The molecule has 1 aliphatic heterocycles. The van der Waals surface area contributed by atoms with Crippen LogP contribution in [0.2, 0.25) is 0 Å². The largest absolute Gasteiger partial charge is 0.478 e. The van der Waals surface area contributed by atoms with E-state index in [-0.39, 0.29) is 17.8 Å². The summed E-state index contributed by atoms with van der Waals surface area (Å²) >= 11 is 0. The van der Waals surface area contributed by atoms with Gasteiger partial charge in [0, 0.05) is 6.42 Å². The van der Waals surface area contributed by atoms with Crippen molar-refractivity contribution in [1.82, 2.24) is 0 Å². The lowest BCUT2D eigenvalue weighted by atomic mass is 9.95. The van der Waals surface area contributed by atoms with Crippen LogP contribution in [0, 0.1) is 0 Å². The third-order valence-electron chi connectivity index (χ3n) is 3.06. The minimum Gasteiger partial charge on any atom is -0.478 e. The van der Waals surface area contributed by atoms with Crippen molar-refractivity contribution >= 4 is 11.8 Å². The van der Waals surface area contributed by atoms with Crippen molar-refractivity contribution in [2.45, 2.75) is 45.3 Å². The van der Waals surface area contributed by atoms with E-state index in [9.17, 15) is 14.7 Å². The predicted octanol–water partition coefficient (Wildman–Crippen LogP) is 2.06. The van der Waals surface area contributed by atoms with Gasteiger partial charge < -0.3 is 14.6 Å². The summed E-state index contributed by atoms with van der Waals surface area (Å²) in [5.74, 6) is -1.02. The number of aliphatic hydroxyl groups is 1. The van der Waals surface area contributed by atoms with E-state index >= 15 is 0 Å². The van der Waals surface area contributed by atoms with Crippen LogP contribution in [-0.2, 0) is 19.1 Å². The number of esters is 1. The van der Waals surface area contributed by atoms with Crippen LogP contribution in [0.25, 0.3) is 0 Å². The van der Waals surface area contributed by atoms with Gasteiger partial charge in [0.25, 0.3) is 0 Å². The van der Waals surface area contributed by atoms with E-state index in [1.807, 2.05) is 19.1 Å². The predicted molar refractivity (Wildman–Crippen MR) is 78.4 cm³/mol. The molecule has 1 rings (SSSR count). The Labute approximate surface area is 124 Å². The van der Waals surface area contributed by atoms with Crippen molar-refractivity contribution < 1.29 is 24.2 Å². The number of aliphatic hydroxyl groups excluding tert-OH is 1. The molecule has 0 unspecified atom stereocenters. The fourth-order valence-electron chi connectivity index (χ4n) is 2.01.